The molecule has 3 rings (SSSR count). The van der Waals surface area contributed by atoms with Gasteiger partial charge in [-0.3, -0.25) is 9.59 Å². The lowest BCUT2D eigenvalue weighted by atomic mass is 10.3. The maximum absolute atomic E-state index is 12.4. The second kappa shape index (κ2) is 7.01. The summed E-state index contributed by atoms with van der Waals surface area (Å²) in [5.74, 6) is -0.125. The molecular formula is C18H16N2O5S. The highest BCUT2D eigenvalue weighted by molar-refractivity contribution is 7.90. The van der Waals surface area contributed by atoms with Crippen molar-refractivity contribution in [2.75, 3.05) is 11.6 Å². The van der Waals surface area contributed by atoms with E-state index < -0.39 is 15.7 Å². The zero-order valence-electron chi connectivity index (χ0n) is 13.9. The van der Waals surface area contributed by atoms with E-state index >= 15 is 0 Å². The number of benzene rings is 1. The molecule has 0 bridgehead atoms. The normalized spacial score (nSPS) is 11.3. The molecule has 1 amide bonds. The number of anilines is 1. The van der Waals surface area contributed by atoms with Crippen molar-refractivity contribution in [1.29, 1.82) is 0 Å². The first-order chi connectivity index (χ1) is 12.3. The van der Waals surface area contributed by atoms with E-state index in [4.69, 9.17) is 4.42 Å². The van der Waals surface area contributed by atoms with Gasteiger partial charge in [-0.2, -0.15) is 0 Å². The van der Waals surface area contributed by atoms with Crippen molar-refractivity contribution in [3.63, 3.8) is 0 Å². The highest BCUT2D eigenvalue weighted by Gasteiger charge is 2.17. The molecule has 0 fully saturated rings. The van der Waals surface area contributed by atoms with Crippen LogP contribution in [0.3, 0.4) is 0 Å². The van der Waals surface area contributed by atoms with Crippen LogP contribution in [0.5, 0.6) is 0 Å². The first-order valence-electron chi connectivity index (χ1n) is 7.69. The van der Waals surface area contributed by atoms with Gasteiger partial charge in [-0.05, 0) is 30.3 Å². The van der Waals surface area contributed by atoms with Gasteiger partial charge in [-0.1, -0.05) is 18.2 Å². The molecule has 0 radical (unpaired) electrons. The predicted molar refractivity (Wildman–Crippen MR) is 96.0 cm³/mol. The molecule has 1 N–H and O–H groups in total. The molecule has 3 aromatic rings. The minimum Gasteiger partial charge on any atom is -0.454 e. The highest BCUT2D eigenvalue weighted by Crippen LogP contribution is 2.21. The number of pyridine rings is 1. The van der Waals surface area contributed by atoms with Gasteiger partial charge in [0.05, 0.1) is 17.1 Å². The number of hydrogen-bond donors (Lipinski definition) is 1. The Kier molecular flexibility index (Phi) is 4.77. The van der Waals surface area contributed by atoms with Gasteiger partial charge in [0.2, 0.25) is 0 Å². The highest BCUT2D eigenvalue weighted by atomic mass is 32.2. The summed E-state index contributed by atoms with van der Waals surface area (Å²) in [5.41, 5.74) is -0.00536. The number of sulfone groups is 1. The summed E-state index contributed by atoms with van der Waals surface area (Å²) in [6, 6.07) is 14.0. The minimum atomic E-state index is -3.48. The SMILES string of the molecule is CS(=O)(=O)c1ccccc1NC(=O)c1ccc(Cn2ccccc2=O)o1. The predicted octanol–water partition coefficient (Wildman–Crippen LogP) is 2.15. The third-order valence-electron chi connectivity index (χ3n) is 3.65. The molecule has 0 spiro atoms. The van der Waals surface area contributed by atoms with Crippen molar-refractivity contribution in [3.8, 4) is 0 Å². The third kappa shape index (κ3) is 3.92. The van der Waals surface area contributed by atoms with Crippen LogP contribution in [0.2, 0.25) is 0 Å². The number of furan rings is 1. The molecule has 0 aliphatic heterocycles. The first-order valence-corrected chi connectivity index (χ1v) is 9.58. The maximum atomic E-state index is 12.4. The van der Waals surface area contributed by atoms with E-state index in [0.717, 1.165) is 6.26 Å². The number of carbonyl (C=O) groups is 1. The van der Waals surface area contributed by atoms with E-state index in [2.05, 4.69) is 5.32 Å². The van der Waals surface area contributed by atoms with Crippen LogP contribution in [0, 0.1) is 0 Å². The Hall–Kier alpha value is -3.13. The van der Waals surface area contributed by atoms with Gasteiger partial charge < -0.3 is 14.3 Å². The van der Waals surface area contributed by atoms with E-state index in [9.17, 15) is 18.0 Å². The fraction of sp³-hybridized carbons (Fsp3) is 0.111. The largest absolute Gasteiger partial charge is 0.454 e. The van der Waals surface area contributed by atoms with Crippen LogP contribution >= 0.6 is 0 Å². The Morgan fingerprint density at radius 3 is 2.54 bits per heavy atom. The molecule has 8 heteroatoms. The quantitative estimate of drug-likeness (QED) is 0.740. The molecule has 2 heterocycles. The summed E-state index contributed by atoms with van der Waals surface area (Å²) in [4.78, 5) is 24.1. The third-order valence-corrected chi connectivity index (χ3v) is 4.80. The molecule has 26 heavy (non-hydrogen) atoms. The monoisotopic (exact) mass is 372 g/mol. The average Bonchev–Trinajstić information content (AvgIpc) is 3.05. The van der Waals surface area contributed by atoms with Crippen molar-refractivity contribution in [3.05, 3.63) is 82.7 Å². The number of nitrogens with one attached hydrogen (secondary N) is 1. The van der Waals surface area contributed by atoms with Crippen molar-refractivity contribution < 1.29 is 17.6 Å². The molecule has 0 aliphatic rings. The molecule has 2 aromatic heterocycles. The van der Waals surface area contributed by atoms with Gasteiger partial charge in [0, 0.05) is 18.5 Å². The van der Waals surface area contributed by atoms with Gasteiger partial charge in [-0.25, -0.2) is 8.42 Å². The lowest BCUT2D eigenvalue weighted by Crippen LogP contribution is -2.18. The molecule has 134 valence electrons. The van der Waals surface area contributed by atoms with Crippen molar-refractivity contribution >= 4 is 21.4 Å². The number of para-hydroxylation sites is 1. The lowest BCUT2D eigenvalue weighted by Gasteiger charge is -2.08. The summed E-state index contributed by atoms with van der Waals surface area (Å²) in [5, 5.41) is 2.54. The number of aromatic nitrogens is 1. The lowest BCUT2D eigenvalue weighted by molar-refractivity contribution is 0.0994. The van der Waals surface area contributed by atoms with Gasteiger partial charge in [-0.15, -0.1) is 0 Å². The number of rotatable bonds is 5. The molecule has 0 saturated carbocycles. The molecule has 0 saturated heterocycles. The Bertz CT molecular complexity index is 1110. The van der Waals surface area contributed by atoms with Crippen LogP contribution in [0.15, 0.2) is 74.9 Å². The average molecular weight is 372 g/mol. The summed E-state index contributed by atoms with van der Waals surface area (Å²) >= 11 is 0. The van der Waals surface area contributed by atoms with Crippen LogP contribution in [-0.2, 0) is 16.4 Å². The van der Waals surface area contributed by atoms with Crippen LogP contribution in [0.4, 0.5) is 5.69 Å². The summed E-state index contributed by atoms with van der Waals surface area (Å²) in [6.07, 6.45) is 2.69. The van der Waals surface area contributed by atoms with Crippen LogP contribution < -0.4 is 10.9 Å². The first kappa shape index (κ1) is 17.7. The van der Waals surface area contributed by atoms with Crippen molar-refractivity contribution in [1.82, 2.24) is 4.57 Å². The summed E-state index contributed by atoms with van der Waals surface area (Å²) in [7, 11) is -3.48. The summed E-state index contributed by atoms with van der Waals surface area (Å²) in [6.45, 7) is 0.187. The zero-order chi connectivity index (χ0) is 18.7. The van der Waals surface area contributed by atoms with E-state index in [1.165, 1.54) is 28.8 Å². The standard InChI is InChI=1S/C18H16N2O5S/c1-26(23,24)16-7-3-2-6-14(16)19-18(22)15-10-9-13(25-15)12-20-11-5-4-8-17(20)21/h2-11H,12H2,1H3,(H,19,22). The Morgan fingerprint density at radius 2 is 1.81 bits per heavy atom. The number of amides is 1. The van der Waals surface area contributed by atoms with Gasteiger partial charge in [0.15, 0.2) is 15.6 Å². The van der Waals surface area contributed by atoms with Crippen LogP contribution in [0.1, 0.15) is 16.3 Å². The van der Waals surface area contributed by atoms with E-state index in [1.807, 2.05) is 0 Å². The Balaban J connectivity index is 1.80. The van der Waals surface area contributed by atoms with Gasteiger partial charge in [0.25, 0.3) is 11.5 Å². The summed E-state index contributed by atoms with van der Waals surface area (Å²) < 4.78 is 30.5. The Morgan fingerprint density at radius 1 is 1.08 bits per heavy atom. The second-order valence-electron chi connectivity index (χ2n) is 5.66. The molecule has 0 atom stereocenters. The van der Waals surface area contributed by atoms with E-state index in [1.54, 1.807) is 36.5 Å². The van der Waals surface area contributed by atoms with E-state index in [-0.39, 0.29) is 28.4 Å². The van der Waals surface area contributed by atoms with E-state index in [0.29, 0.717) is 5.76 Å². The van der Waals surface area contributed by atoms with Crippen LogP contribution in [-0.4, -0.2) is 25.1 Å². The van der Waals surface area contributed by atoms with Gasteiger partial charge >= 0.3 is 0 Å². The van der Waals surface area contributed by atoms with Crippen molar-refractivity contribution in [2.24, 2.45) is 0 Å². The molecule has 1 aromatic carbocycles. The Labute approximate surface area is 149 Å². The number of nitrogens with zero attached hydrogens (tertiary/aromatic N) is 1. The smallest absolute Gasteiger partial charge is 0.291 e. The topological polar surface area (TPSA) is 98.4 Å². The fourth-order valence-electron chi connectivity index (χ4n) is 2.42. The molecular weight excluding hydrogens is 356 g/mol. The zero-order valence-corrected chi connectivity index (χ0v) is 14.7. The van der Waals surface area contributed by atoms with Gasteiger partial charge in [0.1, 0.15) is 5.76 Å². The molecule has 7 nitrogen and oxygen atoms in total. The van der Waals surface area contributed by atoms with Crippen molar-refractivity contribution in [2.45, 2.75) is 11.4 Å². The minimum absolute atomic E-state index is 0.0206. The number of hydrogen-bond acceptors (Lipinski definition) is 5. The number of carbonyl (C=O) groups excluding carboxylic acids is 1. The molecule has 0 aliphatic carbocycles. The second-order valence-corrected chi connectivity index (χ2v) is 7.64. The maximum Gasteiger partial charge on any atom is 0.291 e. The fourth-order valence-corrected chi connectivity index (χ4v) is 3.27. The van der Waals surface area contributed by atoms with Crippen LogP contribution in [0.25, 0.3) is 0 Å². The molecule has 0 unspecified atom stereocenters.